The fourth-order valence-electron chi connectivity index (χ4n) is 4.15. The van der Waals surface area contributed by atoms with Gasteiger partial charge in [-0.25, -0.2) is 0 Å². The van der Waals surface area contributed by atoms with Gasteiger partial charge in [-0.05, 0) is 54.2 Å². The monoisotopic (exact) mass is 309 g/mol. The molecule has 4 rings (SSSR count). The molecule has 120 valence electrons. The summed E-state index contributed by atoms with van der Waals surface area (Å²) in [6, 6.07) is 11.7. The topological polar surface area (TPSA) is 30.5 Å². The molecule has 1 aliphatic carbocycles. The number of nitrogens with one attached hydrogen (secondary N) is 1. The van der Waals surface area contributed by atoms with Gasteiger partial charge in [0.25, 0.3) is 0 Å². The maximum absolute atomic E-state index is 5.55. The van der Waals surface area contributed by atoms with E-state index < -0.39 is 0 Å². The molecule has 2 aromatic carbocycles. The zero-order valence-corrected chi connectivity index (χ0v) is 14.0. The van der Waals surface area contributed by atoms with Crippen molar-refractivity contribution in [2.45, 2.75) is 38.3 Å². The molecule has 23 heavy (non-hydrogen) atoms. The molecule has 3 nitrogen and oxygen atoms in total. The highest BCUT2D eigenvalue weighted by Crippen LogP contribution is 2.44. The molecular weight excluding hydrogens is 286 g/mol. The van der Waals surface area contributed by atoms with Gasteiger partial charge in [0.2, 0.25) is 0 Å². The Bertz CT molecular complexity index is 754. The molecule has 1 heterocycles. The smallest absolute Gasteiger partial charge is 0.161 e. The third-order valence-corrected chi connectivity index (χ3v) is 5.30. The van der Waals surface area contributed by atoms with Crippen LogP contribution in [0.3, 0.4) is 0 Å². The minimum atomic E-state index is 0.405. The zero-order chi connectivity index (χ0) is 16.0. The second kappa shape index (κ2) is 5.57. The summed E-state index contributed by atoms with van der Waals surface area (Å²) in [7, 11) is 3.42. The maximum Gasteiger partial charge on any atom is 0.161 e. The third-order valence-electron chi connectivity index (χ3n) is 5.30. The average Bonchev–Trinajstić information content (AvgIpc) is 2.59. The number of methoxy groups -OCH3 is 2. The van der Waals surface area contributed by atoms with Gasteiger partial charge in [-0.2, -0.15) is 0 Å². The first kappa shape index (κ1) is 14.6. The summed E-state index contributed by atoms with van der Waals surface area (Å²) >= 11 is 0. The first-order chi connectivity index (χ1) is 11.2. The average molecular weight is 309 g/mol. The summed E-state index contributed by atoms with van der Waals surface area (Å²) < 4.78 is 11.0. The fraction of sp³-hybridized carbons (Fsp3) is 0.400. The van der Waals surface area contributed by atoms with Crippen LogP contribution in [0.5, 0.6) is 11.5 Å². The molecule has 0 aromatic heterocycles. The maximum atomic E-state index is 5.55. The first-order valence-corrected chi connectivity index (χ1v) is 8.29. The molecule has 2 aliphatic rings. The van der Waals surface area contributed by atoms with Gasteiger partial charge in [-0.3, -0.25) is 0 Å². The Morgan fingerprint density at radius 3 is 2.48 bits per heavy atom. The number of rotatable bonds is 2. The fourth-order valence-corrected chi connectivity index (χ4v) is 4.15. The molecule has 0 bridgehead atoms. The molecule has 0 amide bonds. The van der Waals surface area contributed by atoms with E-state index in [-0.39, 0.29) is 0 Å². The van der Waals surface area contributed by atoms with Crippen LogP contribution < -0.4 is 14.8 Å². The lowest BCUT2D eigenvalue weighted by Gasteiger charge is -2.40. The molecule has 0 radical (unpaired) electrons. The summed E-state index contributed by atoms with van der Waals surface area (Å²) in [5, 5.41) is 3.73. The SMILES string of the molecule is COc1cc2c(cc1OC)C1c3cc(C)ccc3CN[C@@H]1CC2. The molecular formula is C20H23NO2. The minimum absolute atomic E-state index is 0.405. The van der Waals surface area contributed by atoms with Gasteiger partial charge in [0.15, 0.2) is 11.5 Å². The molecule has 1 N–H and O–H groups in total. The number of hydrogen-bond acceptors (Lipinski definition) is 3. The van der Waals surface area contributed by atoms with Crippen molar-refractivity contribution >= 4 is 0 Å². The van der Waals surface area contributed by atoms with Crippen LogP contribution in [0, 0.1) is 6.92 Å². The second-order valence-electron chi connectivity index (χ2n) is 6.61. The van der Waals surface area contributed by atoms with Crippen LogP contribution in [0.15, 0.2) is 30.3 Å². The van der Waals surface area contributed by atoms with Gasteiger partial charge < -0.3 is 14.8 Å². The second-order valence-corrected chi connectivity index (χ2v) is 6.61. The predicted molar refractivity (Wildman–Crippen MR) is 91.5 cm³/mol. The van der Waals surface area contributed by atoms with Crippen molar-refractivity contribution in [2.75, 3.05) is 14.2 Å². The van der Waals surface area contributed by atoms with Crippen molar-refractivity contribution in [2.24, 2.45) is 0 Å². The quantitative estimate of drug-likeness (QED) is 0.920. The van der Waals surface area contributed by atoms with E-state index in [0.717, 1.165) is 24.5 Å². The van der Waals surface area contributed by atoms with E-state index in [2.05, 4.69) is 42.6 Å². The van der Waals surface area contributed by atoms with Gasteiger partial charge in [-0.15, -0.1) is 0 Å². The summed E-state index contributed by atoms with van der Waals surface area (Å²) in [5.41, 5.74) is 7.00. The van der Waals surface area contributed by atoms with E-state index in [0.29, 0.717) is 12.0 Å². The van der Waals surface area contributed by atoms with Crippen molar-refractivity contribution in [1.82, 2.24) is 5.32 Å². The Morgan fingerprint density at radius 1 is 0.957 bits per heavy atom. The van der Waals surface area contributed by atoms with Gasteiger partial charge >= 0.3 is 0 Å². The highest BCUT2D eigenvalue weighted by molar-refractivity contribution is 5.54. The van der Waals surface area contributed by atoms with Crippen molar-refractivity contribution in [1.29, 1.82) is 0 Å². The van der Waals surface area contributed by atoms with Crippen LogP contribution in [0.4, 0.5) is 0 Å². The molecule has 0 saturated heterocycles. The number of aryl methyl sites for hydroxylation is 2. The Morgan fingerprint density at radius 2 is 1.70 bits per heavy atom. The molecule has 0 spiro atoms. The Hall–Kier alpha value is -2.00. The highest BCUT2D eigenvalue weighted by atomic mass is 16.5. The van der Waals surface area contributed by atoms with Crippen LogP contribution in [0.2, 0.25) is 0 Å². The van der Waals surface area contributed by atoms with Crippen LogP contribution >= 0.6 is 0 Å². The van der Waals surface area contributed by atoms with Crippen LogP contribution in [-0.2, 0) is 13.0 Å². The molecule has 0 saturated carbocycles. The molecule has 1 unspecified atom stereocenters. The lowest BCUT2D eigenvalue weighted by Crippen LogP contribution is -2.42. The van der Waals surface area contributed by atoms with E-state index in [1.807, 2.05) is 0 Å². The van der Waals surface area contributed by atoms with Gasteiger partial charge in [-0.1, -0.05) is 23.8 Å². The van der Waals surface area contributed by atoms with E-state index in [9.17, 15) is 0 Å². The minimum Gasteiger partial charge on any atom is -0.493 e. The van der Waals surface area contributed by atoms with E-state index in [4.69, 9.17) is 9.47 Å². The zero-order valence-electron chi connectivity index (χ0n) is 14.0. The Balaban J connectivity index is 1.89. The van der Waals surface area contributed by atoms with Crippen LogP contribution in [0.1, 0.15) is 40.2 Å². The van der Waals surface area contributed by atoms with Gasteiger partial charge in [0.05, 0.1) is 14.2 Å². The van der Waals surface area contributed by atoms with Gasteiger partial charge in [0, 0.05) is 18.5 Å². The first-order valence-electron chi connectivity index (χ1n) is 8.29. The van der Waals surface area contributed by atoms with Crippen LogP contribution in [-0.4, -0.2) is 20.3 Å². The number of ether oxygens (including phenoxy) is 2. The highest BCUT2D eigenvalue weighted by Gasteiger charge is 2.35. The molecule has 1 aliphatic heterocycles. The Labute approximate surface area is 137 Å². The van der Waals surface area contributed by atoms with Crippen LogP contribution in [0.25, 0.3) is 0 Å². The normalized spacial score (nSPS) is 21.9. The number of benzene rings is 2. The van der Waals surface area contributed by atoms with Crippen molar-refractivity contribution in [3.05, 3.63) is 58.1 Å². The molecule has 2 aromatic rings. The Kier molecular flexibility index (Phi) is 3.53. The third kappa shape index (κ3) is 2.31. The summed E-state index contributed by atoms with van der Waals surface area (Å²) in [6.45, 7) is 3.15. The summed E-state index contributed by atoms with van der Waals surface area (Å²) in [5.74, 6) is 2.06. The van der Waals surface area contributed by atoms with Crippen molar-refractivity contribution < 1.29 is 9.47 Å². The summed E-state index contributed by atoms with van der Waals surface area (Å²) in [4.78, 5) is 0. The van der Waals surface area contributed by atoms with E-state index >= 15 is 0 Å². The van der Waals surface area contributed by atoms with Crippen molar-refractivity contribution in [3.63, 3.8) is 0 Å². The molecule has 2 atom stereocenters. The lowest BCUT2D eigenvalue weighted by atomic mass is 9.72. The van der Waals surface area contributed by atoms with Crippen molar-refractivity contribution in [3.8, 4) is 11.5 Å². The molecule has 3 heteroatoms. The predicted octanol–water partition coefficient (Wildman–Crippen LogP) is 3.56. The number of hydrogen-bond donors (Lipinski definition) is 1. The lowest BCUT2D eigenvalue weighted by molar-refractivity contribution is 0.349. The van der Waals surface area contributed by atoms with E-state index in [1.54, 1.807) is 14.2 Å². The van der Waals surface area contributed by atoms with Gasteiger partial charge in [0.1, 0.15) is 0 Å². The van der Waals surface area contributed by atoms with E-state index in [1.165, 1.54) is 34.2 Å². The summed E-state index contributed by atoms with van der Waals surface area (Å²) in [6.07, 6.45) is 2.26. The standard InChI is InChI=1S/C20H23NO2/c1-12-4-5-14-11-21-17-7-6-13-9-18(22-2)19(23-3)10-16(13)20(17)15(14)8-12/h4-5,8-10,17,20-21H,6-7,11H2,1-3H3/t17-,20?/m1/s1. The number of fused-ring (bicyclic) bond motifs is 5. The largest absolute Gasteiger partial charge is 0.493 e. The molecule has 0 fully saturated rings.